The maximum atomic E-state index is 9.28. The van der Waals surface area contributed by atoms with E-state index in [1.807, 2.05) is 13.8 Å². The van der Waals surface area contributed by atoms with Crippen LogP contribution in [-0.2, 0) is 22.3 Å². The summed E-state index contributed by atoms with van der Waals surface area (Å²) in [7, 11) is 1.62. The molecule has 0 aliphatic carbocycles. The monoisotopic (exact) mass is 279 g/mol. The van der Waals surface area contributed by atoms with E-state index in [0.717, 1.165) is 24.1 Å². The second kappa shape index (κ2) is 9.23. The molecular formula is C14H21N3O3. The Labute approximate surface area is 119 Å². The molecule has 0 bridgehead atoms. The number of aromatic nitrogens is 2. The van der Waals surface area contributed by atoms with Gasteiger partial charge in [-0.2, -0.15) is 10.4 Å². The lowest BCUT2D eigenvalue weighted by Crippen LogP contribution is -2.13. The molecule has 0 atom stereocenters. The molecule has 0 saturated heterocycles. The van der Waals surface area contributed by atoms with Gasteiger partial charge in [0.15, 0.2) is 0 Å². The molecule has 0 fully saturated rings. The molecule has 0 aliphatic heterocycles. The van der Waals surface area contributed by atoms with Gasteiger partial charge in [-0.1, -0.05) is 13.8 Å². The number of hydrogen-bond acceptors (Lipinski definition) is 6. The van der Waals surface area contributed by atoms with Gasteiger partial charge in [0.2, 0.25) is 0 Å². The van der Waals surface area contributed by atoms with Crippen LogP contribution in [-0.4, -0.2) is 43.7 Å². The van der Waals surface area contributed by atoms with Crippen LogP contribution in [0.15, 0.2) is 0 Å². The molecule has 0 amide bonds. The summed E-state index contributed by atoms with van der Waals surface area (Å²) in [4.78, 5) is 0. The molecule has 1 aromatic heterocycles. The number of nitrogens with zero attached hydrogens (tertiary/aromatic N) is 3. The van der Waals surface area contributed by atoms with Gasteiger partial charge in [0.05, 0.1) is 25.5 Å². The summed E-state index contributed by atoms with van der Waals surface area (Å²) < 4.78 is 15.6. The normalized spacial score (nSPS) is 10.3. The van der Waals surface area contributed by atoms with E-state index < -0.39 is 0 Å². The van der Waals surface area contributed by atoms with Crippen molar-refractivity contribution in [3.63, 3.8) is 0 Å². The van der Waals surface area contributed by atoms with Crippen LogP contribution < -0.4 is 4.74 Å². The highest BCUT2D eigenvalue weighted by atomic mass is 16.5. The molecule has 20 heavy (non-hydrogen) atoms. The van der Waals surface area contributed by atoms with E-state index in [1.54, 1.807) is 7.11 Å². The summed E-state index contributed by atoms with van der Waals surface area (Å²) in [5, 5.41) is 17.4. The summed E-state index contributed by atoms with van der Waals surface area (Å²) in [6.07, 6.45) is 1.49. The van der Waals surface area contributed by atoms with E-state index in [-0.39, 0.29) is 5.88 Å². The molecule has 110 valence electrons. The van der Waals surface area contributed by atoms with Gasteiger partial charge >= 0.3 is 0 Å². The van der Waals surface area contributed by atoms with Crippen LogP contribution in [0.1, 0.15) is 30.7 Å². The van der Waals surface area contributed by atoms with E-state index in [9.17, 15) is 5.26 Å². The summed E-state index contributed by atoms with van der Waals surface area (Å²) in [5.41, 5.74) is 2.25. The zero-order valence-corrected chi connectivity index (χ0v) is 12.3. The van der Waals surface area contributed by atoms with Gasteiger partial charge < -0.3 is 14.2 Å². The van der Waals surface area contributed by atoms with E-state index in [0.29, 0.717) is 32.0 Å². The first-order valence-electron chi connectivity index (χ1n) is 6.76. The fourth-order valence-corrected chi connectivity index (χ4v) is 1.81. The first-order valence-corrected chi connectivity index (χ1v) is 6.76. The molecule has 0 radical (unpaired) electrons. The Morgan fingerprint density at radius 2 is 1.80 bits per heavy atom. The third-order valence-corrected chi connectivity index (χ3v) is 2.82. The van der Waals surface area contributed by atoms with Crippen molar-refractivity contribution < 1.29 is 14.2 Å². The minimum Gasteiger partial charge on any atom is -0.473 e. The molecular weight excluding hydrogens is 258 g/mol. The molecule has 1 heterocycles. The molecule has 0 spiro atoms. The molecule has 0 aromatic carbocycles. The highest BCUT2D eigenvalue weighted by molar-refractivity contribution is 5.46. The van der Waals surface area contributed by atoms with Crippen molar-refractivity contribution in [1.29, 1.82) is 5.26 Å². The van der Waals surface area contributed by atoms with Crippen LogP contribution in [0.3, 0.4) is 0 Å². The zero-order chi connectivity index (χ0) is 14.8. The predicted octanol–water partition coefficient (Wildman–Crippen LogP) is 1.51. The second-order valence-corrected chi connectivity index (χ2v) is 4.08. The molecule has 1 aromatic rings. The van der Waals surface area contributed by atoms with Gasteiger partial charge in [0.25, 0.3) is 5.88 Å². The minimum absolute atomic E-state index is 0.289. The molecule has 0 unspecified atom stereocenters. The quantitative estimate of drug-likeness (QED) is 0.638. The molecule has 6 nitrogen and oxygen atoms in total. The maximum absolute atomic E-state index is 9.28. The van der Waals surface area contributed by atoms with Crippen LogP contribution in [0.4, 0.5) is 0 Å². The average molecular weight is 279 g/mol. The molecule has 0 saturated carbocycles. The van der Waals surface area contributed by atoms with Crippen LogP contribution in [0.2, 0.25) is 0 Å². The van der Waals surface area contributed by atoms with Crippen molar-refractivity contribution in [3.05, 3.63) is 16.8 Å². The maximum Gasteiger partial charge on any atom is 0.251 e. The Balaban J connectivity index is 2.64. The Kier molecular flexibility index (Phi) is 7.55. The van der Waals surface area contributed by atoms with Crippen molar-refractivity contribution in [2.75, 3.05) is 33.5 Å². The standard InChI is InChI=1S/C14H21N3O3/c1-4-11-12(10-15)14(17-16-13(11)5-2)20-9-8-19-7-6-18-3/h4-9H2,1-3H3. The lowest BCUT2D eigenvalue weighted by molar-refractivity contribution is 0.0534. The molecule has 0 N–H and O–H groups in total. The van der Waals surface area contributed by atoms with Crippen molar-refractivity contribution in [2.45, 2.75) is 26.7 Å². The first kappa shape index (κ1) is 16.3. The Morgan fingerprint density at radius 1 is 1.05 bits per heavy atom. The van der Waals surface area contributed by atoms with Crippen molar-refractivity contribution in [3.8, 4) is 11.9 Å². The van der Waals surface area contributed by atoms with E-state index in [1.165, 1.54) is 0 Å². The van der Waals surface area contributed by atoms with Crippen LogP contribution >= 0.6 is 0 Å². The molecule has 1 rings (SSSR count). The summed E-state index contributed by atoms with van der Waals surface area (Å²) in [6.45, 7) is 5.82. The van der Waals surface area contributed by atoms with Crippen molar-refractivity contribution in [1.82, 2.24) is 10.2 Å². The van der Waals surface area contributed by atoms with E-state index in [2.05, 4.69) is 16.3 Å². The third-order valence-electron chi connectivity index (χ3n) is 2.82. The van der Waals surface area contributed by atoms with E-state index >= 15 is 0 Å². The number of nitriles is 1. The second-order valence-electron chi connectivity index (χ2n) is 4.08. The highest BCUT2D eigenvalue weighted by Crippen LogP contribution is 2.21. The topological polar surface area (TPSA) is 77.3 Å². The van der Waals surface area contributed by atoms with Crippen LogP contribution in [0.5, 0.6) is 5.88 Å². The number of aryl methyl sites for hydroxylation is 1. The van der Waals surface area contributed by atoms with Gasteiger partial charge in [0, 0.05) is 7.11 Å². The summed E-state index contributed by atoms with van der Waals surface area (Å²) in [6, 6.07) is 2.16. The fraction of sp³-hybridized carbons (Fsp3) is 0.643. The largest absolute Gasteiger partial charge is 0.473 e. The highest BCUT2D eigenvalue weighted by Gasteiger charge is 2.15. The van der Waals surface area contributed by atoms with Crippen molar-refractivity contribution >= 4 is 0 Å². The zero-order valence-electron chi connectivity index (χ0n) is 12.3. The van der Waals surface area contributed by atoms with Gasteiger partial charge in [0.1, 0.15) is 18.2 Å². The summed E-state index contributed by atoms with van der Waals surface area (Å²) in [5.74, 6) is 0.289. The van der Waals surface area contributed by atoms with Gasteiger partial charge in [-0.3, -0.25) is 0 Å². The third kappa shape index (κ3) is 4.44. The lowest BCUT2D eigenvalue weighted by atomic mass is 10.0. The molecule has 6 heteroatoms. The number of methoxy groups -OCH3 is 1. The predicted molar refractivity (Wildman–Crippen MR) is 73.7 cm³/mol. The Morgan fingerprint density at radius 3 is 2.40 bits per heavy atom. The smallest absolute Gasteiger partial charge is 0.251 e. The average Bonchev–Trinajstić information content (AvgIpc) is 2.49. The Bertz CT molecular complexity index is 458. The number of rotatable bonds is 9. The minimum atomic E-state index is 0.289. The van der Waals surface area contributed by atoms with Gasteiger partial charge in [-0.05, 0) is 18.4 Å². The molecule has 0 aliphatic rings. The summed E-state index contributed by atoms with van der Waals surface area (Å²) >= 11 is 0. The SMILES string of the molecule is CCc1nnc(OCCOCCOC)c(C#N)c1CC. The number of ether oxygens (including phenoxy) is 3. The van der Waals surface area contributed by atoms with Crippen LogP contribution in [0, 0.1) is 11.3 Å². The Hall–Kier alpha value is -1.71. The van der Waals surface area contributed by atoms with Crippen LogP contribution in [0.25, 0.3) is 0 Å². The van der Waals surface area contributed by atoms with Crippen molar-refractivity contribution in [2.24, 2.45) is 0 Å². The van der Waals surface area contributed by atoms with Gasteiger partial charge in [-0.25, -0.2) is 0 Å². The number of hydrogen-bond donors (Lipinski definition) is 0. The van der Waals surface area contributed by atoms with Gasteiger partial charge in [-0.15, -0.1) is 5.10 Å². The van der Waals surface area contributed by atoms with E-state index in [4.69, 9.17) is 14.2 Å². The first-order chi connectivity index (χ1) is 9.78. The fourth-order valence-electron chi connectivity index (χ4n) is 1.81. The lowest BCUT2D eigenvalue weighted by Gasteiger charge is -2.11.